The van der Waals surface area contributed by atoms with Crippen molar-refractivity contribution in [1.82, 2.24) is 9.62 Å². The standard InChI is InChI=1S/C22H27ClN2O4S/c1-4-21(17-5-9-19(23)10-6-17)24-22(26)18-7-11-20(12-8-18)30(27,28)25-13-15(2)29-16(3)14-25/h5-12,15-16,21H,4,13-14H2,1-3H3,(H,24,26). The maximum Gasteiger partial charge on any atom is 0.251 e. The molecule has 3 unspecified atom stereocenters. The van der Waals surface area contributed by atoms with E-state index in [0.29, 0.717) is 30.1 Å². The zero-order valence-electron chi connectivity index (χ0n) is 17.3. The smallest absolute Gasteiger partial charge is 0.251 e. The molecule has 1 saturated heterocycles. The summed E-state index contributed by atoms with van der Waals surface area (Å²) in [4.78, 5) is 12.9. The molecule has 162 valence electrons. The van der Waals surface area contributed by atoms with Gasteiger partial charge in [0.05, 0.1) is 23.1 Å². The maximum atomic E-state index is 13.0. The van der Waals surface area contributed by atoms with Gasteiger partial charge in [-0.15, -0.1) is 0 Å². The van der Waals surface area contributed by atoms with Gasteiger partial charge in [-0.25, -0.2) is 8.42 Å². The van der Waals surface area contributed by atoms with Crippen LogP contribution in [0.1, 0.15) is 49.2 Å². The molecule has 1 N–H and O–H groups in total. The second-order valence-corrected chi connectivity index (χ2v) is 9.96. The van der Waals surface area contributed by atoms with Gasteiger partial charge in [0, 0.05) is 23.7 Å². The van der Waals surface area contributed by atoms with Gasteiger partial charge in [0.1, 0.15) is 0 Å². The summed E-state index contributed by atoms with van der Waals surface area (Å²) in [5.41, 5.74) is 1.37. The molecule has 0 aromatic heterocycles. The number of morpholine rings is 1. The first kappa shape index (κ1) is 22.7. The zero-order chi connectivity index (χ0) is 21.9. The second-order valence-electron chi connectivity index (χ2n) is 7.59. The van der Waals surface area contributed by atoms with E-state index in [2.05, 4.69) is 5.32 Å². The molecule has 1 amide bonds. The van der Waals surface area contributed by atoms with E-state index in [0.717, 1.165) is 5.56 Å². The first-order valence-electron chi connectivity index (χ1n) is 10.0. The van der Waals surface area contributed by atoms with Gasteiger partial charge in [-0.2, -0.15) is 4.31 Å². The van der Waals surface area contributed by atoms with Crippen molar-refractivity contribution in [1.29, 1.82) is 0 Å². The van der Waals surface area contributed by atoms with Gasteiger partial charge in [-0.1, -0.05) is 30.7 Å². The Morgan fingerprint density at radius 2 is 1.67 bits per heavy atom. The first-order chi connectivity index (χ1) is 14.2. The van der Waals surface area contributed by atoms with E-state index >= 15 is 0 Å². The minimum Gasteiger partial charge on any atom is -0.373 e. The lowest BCUT2D eigenvalue weighted by atomic mass is 10.0. The molecule has 6 nitrogen and oxygen atoms in total. The molecule has 30 heavy (non-hydrogen) atoms. The van der Waals surface area contributed by atoms with Gasteiger partial charge in [0.2, 0.25) is 10.0 Å². The normalized spacial score (nSPS) is 21.2. The number of ether oxygens (including phenoxy) is 1. The van der Waals surface area contributed by atoms with Crippen LogP contribution in [0.4, 0.5) is 0 Å². The van der Waals surface area contributed by atoms with Crippen LogP contribution in [-0.4, -0.2) is 43.9 Å². The molecule has 2 aromatic rings. The molecule has 0 spiro atoms. The first-order valence-corrected chi connectivity index (χ1v) is 11.8. The van der Waals surface area contributed by atoms with Gasteiger partial charge < -0.3 is 10.1 Å². The Labute approximate surface area is 183 Å². The number of amides is 1. The van der Waals surface area contributed by atoms with E-state index in [9.17, 15) is 13.2 Å². The number of nitrogens with zero attached hydrogens (tertiary/aromatic N) is 1. The molecule has 0 radical (unpaired) electrons. The van der Waals surface area contributed by atoms with Crippen LogP contribution >= 0.6 is 11.6 Å². The van der Waals surface area contributed by atoms with Crippen LogP contribution < -0.4 is 5.32 Å². The number of hydrogen-bond donors (Lipinski definition) is 1. The predicted octanol–water partition coefficient (Wildman–Crippen LogP) is 4.02. The third-order valence-corrected chi connectivity index (χ3v) is 7.22. The quantitative estimate of drug-likeness (QED) is 0.721. The summed E-state index contributed by atoms with van der Waals surface area (Å²) in [6.07, 6.45) is 0.396. The largest absolute Gasteiger partial charge is 0.373 e. The van der Waals surface area contributed by atoms with Crippen molar-refractivity contribution in [2.24, 2.45) is 0 Å². The Morgan fingerprint density at radius 1 is 1.10 bits per heavy atom. The number of hydrogen-bond acceptors (Lipinski definition) is 4. The zero-order valence-corrected chi connectivity index (χ0v) is 18.9. The summed E-state index contributed by atoms with van der Waals surface area (Å²) in [6.45, 7) is 6.33. The molecule has 0 saturated carbocycles. The lowest BCUT2D eigenvalue weighted by Gasteiger charge is -2.34. The lowest BCUT2D eigenvalue weighted by molar-refractivity contribution is -0.0440. The van der Waals surface area contributed by atoms with Crippen LogP contribution in [-0.2, 0) is 14.8 Å². The van der Waals surface area contributed by atoms with E-state index in [1.807, 2.05) is 32.9 Å². The van der Waals surface area contributed by atoms with Crippen molar-refractivity contribution in [3.05, 3.63) is 64.7 Å². The van der Waals surface area contributed by atoms with Crippen LogP contribution in [0.15, 0.2) is 53.4 Å². The predicted molar refractivity (Wildman–Crippen MR) is 117 cm³/mol. The number of nitrogens with one attached hydrogen (secondary N) is 1. The third kappa shape index (κ3) is 5.21. The average Bonchev–Trinajstić information content (AvgIpc) is 2.72. The van der Waals surface area contributed by atoms with Gasteiger partial charge in [0.25, 0.3) is 5.91 Å². The monoisotopic (exact) mass is 450 g/mol. The average molecular weight is 451 g/mol. The Bertz CT molecular complexity index is 967. The van der Waals surface area contributed by atoms with Gasteiger partial charge in [-0.05, 0) is 62.2 Å². The highest BCUT2D eigenvalue weighted by Gasteiger charge is 2.32. The molecule has 0 aliphatic carbocycles. The highest BCUT2D eigenvalue weighted by Crippen LogP contribution is 2.23. The molecule has 8 heteroatoms. The van der Waals surface area contributed by atoms with Crippen LogP contribution in [0.3, 0.4) is 0 Å². The van der Waals surface area contributed by atoms with Crippen LogP contribution in [0.5, 0.6) is 0 Å². The highest BCUT2D eigenvalue weighted by molar-refractivity contribution is 7.89. The van der Waals surface area contributed by atoms with E-state index in [4.69, 9.17) is 16.3 Å². The van der Waals surface area contributed by atoms with E-state index in [1.165, 1.54) is 16.4 Å². The van der Waals surface area contributed by atoms with Gasteiger partial charge in [0.15, 0.2) is 0 Å². The number of rotatable bonds is 6. The second kappa shape index (κ2) is 9.47. The fourth-order valence-electron chi connectivity index (χ4n) is 3.61. The minimum atomic E-state index is -3.64. The summed E-state index contributed by atoms with van der Waals surface area (Å²) in [7, 11) is -3.64. The topological polar surface area (TPSA) is 75.7 Å². The number of carbonyl (C=O) groups is 1. The fourth-order valence-corrected chi connectivity index (χ4v) is 5.33. The lowest BCUT2D eigenvalue weighted by Crippen LogP contribution is -2.48. The van der Waals surface area contributed by atoms with E-state index in [1.54, 1.807) is 24.3 Å². The summed E-state index contributed by atoms with van der Waals surface area (Å²) in [6, 6.07) is 13.3. The van der Waals surface area contributed by atoms with Crippen molar-refractivity contribution in [3.8, 4) is 0 Å². The molecule has 3 rings (SSSR count). The van der Waals surface area contributed by atoms with Crippen LogP contribution in [0.25, 0.3) is 0 Å². The number of carbonyl (C=O) groups excluding carboxylic acids is 1. The van der Waals surface area contributed by atoms with Crippen LogP contribution in [0.2, 0.25) is 5.02 Å². The number of halogens is 1. The SMILES string of the molecule is CCC(NC(=O)c1ccc(S(=O)(=O)N2CC(C)OC(C)C2)cc1)c1ccc(Cl)cc1. The van der Waals surface area contributed by atoms with Crippen LogP contribution in [0, 0.1) is 0 Å². The van der Waals surface area contributed by atoms with E-state index in [-0.39, 0.29) is 29.1 Å². The van der Waals surface area contributed by atoms with E-state index < -0.39 is 10.0 Å². The molecule has 0 bridgehead atoms. The summed E-state index contributed by atoms with van der Waals surface area (Å²) >= 11 is 5.94. The highest BCUT2D eigenvalue weighted by atomic mass is 35.5. The van der Waals surface area contributed by atoms with Gasteiger partial charge in [-0.3, -0.25) is 4.79 Å². The molecular formula is C22H27ClN2O4S. The number of sulfonamides is 1. The molecule has 1 aliphatic rings. The Hall–Kier alpha value is -1.93. The Kier molecular flexibility index (Phi) is 7.18. The summed E-state index contributed by atoms with van der Waals surface area (Å²) in [5, 5.41) is 3.63. The van der Waals surface area contributed by atoms with Crippen molar-refractivity contribution in [2.45, 2.75) is 50.3 Å². The molecule has 3 atom stereocenters. The molecular weight excluding hydrogens is 424 g/mol. The van der Waals surface area contributed by atoms with Crippen molar-refractivity contribution in [3.63, 3.8) is 0 Å². The molecule has 1 heterocycles. The van der Waals surface area contributed by atoms with Crippen molar-refractivity contribution >= 4 is 27.5 Å². The molecule has 2 aromatic carbocycles. The Balaban J connectivity index is 1.72. The summed E-state index contributed by atoms with van der Waals surface area (Å²) in [5.74, 6) is -0.255. The molecule has 1 fully saturated rings. The van der Waals surface area contributed by atoms with Crippen molar-refractivity contribution in [2.75, 3.05) is 13.1 Å². The Morgan fingerprint density at radius 3 is 2.20 bits per heavy atom. The number of benzene rings is 2. The fraction of sp³-hybridized carbons (Fsp3) is 0.409. The maximum absolute atomic E-state index is 13.0. The summed E-state index contributed by atoms with van der Waals surface area (Å²) < 4.78 is 33.0. The minimum absolute atomic E-state index is 0.158. The molecule has 1 aliphatic heterocycles. The third-order valence-electron chi connectivity index (χ3n) is 5.13. The van der Waals surface area contributed by atoms with Gasteiger partial charge >= 0.3 is 0 Å². The van der Waals surface area contributed by atoms with Crippen molar-refractivity contribution < 1.29 is 17.9 Å².